The van der Waals surface area contributed by atoms with Gasteiger partial charge in [0.15, 0.2) is 5.69 Å². The van der Waals surface area contributed by atoms with Gasteiger partial charge in [0.1, 0.15) is 12.1 Å². The summed E-state index contributed by atoms with van der Waals surface area (Å²) in [6.45, 7) is 2.13. The number of amides is 1. The molecule has 0 saturated heterocycles. The first-order chi connectivity index (χ1) is 17.7. The molecule has 4 rings (SSSR count). The summed E-state index contributed by atoms with van der Waals surface area (Å²) in [7, 11) is 0. The van der Waals surface area contributed by atoms with E-state index >= 15 is 0 Å². The van der Waals surface area contributed by atoms with Crippen LogP contribution in [0.25, 0.3) is 0 Å². The molecule has 1 N–H and O–H groups in total. The highest BCUT2D eigenvalue weighted by atomic mass is 19.4. The van der Waals surface area contributed by atoms with E-state index in [0.29, 0.717) is 5.56 Å². The lowest BCUT2D eigenvalue weighted by Gasteiger charge is -2.29. The van der Waals surface area contributed by atoms with E-state index in [0.717, 1.165) is 11.6 Å². The van der Waals surface area contributed by atoms with Gasteiger partial charge in [-0.3, -0.25) is 9.69 Å². The maximum atomic E-state index is 13.6. The molecule has 0 radical (unpaired) electrons. The van der Waals surface area contributed by atoms with Gasteiger partial charge in [-0.25, -0.2) is 9.37 Å². The third-order valence-electron chi connectivity index (χ3n) is 6.01. The lowest BCUT2D eigenvalue weighted by Crippen LogP contribution is -2.28. The first kappa shape index (κ1) is 26.1. The zero-order valence-electron chi connectivity index (χ0n) is 20.0. The van der Waals surface area contributed by atoms with Crippen LogP contribution >= 0.6 is 0 Å². The van der Waals surface area contributed by atoms with E-state index in [1.165, 1.54) is 30.5 Å². The third kappa shape index (κ3) is 6.83. The molecule has 5 nitrogen and oxygen atoms in total. The van der Waals surface area contributed by atoms with Crippen molar-refractivity contribution in [1.29, 1.82) is 0 Å². The summed E-state index contributed by atoms with van der Waals surface area (Å²) < 4.78 is 59.5. The van der Waals surface area contributed by atoms with Crippen molar-refractivity contribution < 1.29 is 26.8 Å². The van der Waals surface area contributed by atoms with Crippen LogP contribution in [0.5, 0.6) is 0 Å². The Balaban J connectivity index is 1.52. The molecule has 0 bridgehead atoms. The fourth-order valence-electron chi connectivity index (χ4n) is 3.96. The SMILES string of the molecule is CC(c1ccccc1)N(Cc1nc(C(=O)NCc2ccc(F)cc2)co1)Cc1ccccc1C(F)(F)F. The van der Waals surface area contributed by atoms with Crippen molar-refractivity contribution in [3.05, 3.63) is 125 Å². The van der Waals surface area contributed by atoms with Crippen molar-refractivity contribution >= 4 is 5.91 Å². The third-order valence-corrected chi connectivity index (χ3v) is 6.01. The van der Waals surface area contributed by atoms with Crippen LogP contribution in [0.2, 0.25) is 0 Å². The molecule has 0 spiro atoms. The number of halogens is 4. The molecule has 9 heteroatoms. The van der Waals surface area contributed by atoms with Crippen LogP contribution in [0, 0.1) is 5.82 Å². The second kappa shape index (κ2) is 11.4. The van der Waals surface area contributed by atoms with Crippen LogP contribution < -0.4 is 5.32 Å². The highest BCUT2D eigenvalue weighted by Gasteiger charge is 2.34. The Hall–Kier alpha value is -3.98. The molecular weight excluding hydrogens is 486 g/mol. The number of benzene rings is 3. The Morgan fingerprint density at radius 3 is 2.35 bits per heavy atom. The van der Waals surface area contributed by atoms with Gasteiger partial charge in [0.05, 0.1) is 12.1 Å². The van der Waals surface area contributed by atoms with E-state index in [1.54, 1.807) is 18.2 Å². The molecule has 3 aromatic carbocycles. The second-order valence-corrected chi connectivity index (χ2v) is 8.58. The Morgan fingerprint density at radius 1 is 0.973 bits per heavy atom. The zero-order valence-corrected chi connectivity index (χ0v) is 20.0. The minimum atomic E-state index is -4.49. The van der Waals surface area contributed by atoms with E-state index in [2.05, 4.69) is 10.3 Å². The van der Waals surface area contributed by atoms with E-state index in [9.17, 15) is 22.4 Å². The van der Waals surface area contributed by atoms with Crippen molar-refractivity contribution in [2.75, 3.05) is 0 Å². The van der Waals surface area contributed by atoms with E-state index < -0.39 is 17.6 Å². The topological polar surface area (TPSA) is 58.4 Å². The highest BCUT2D eigenvalue weighted by molar-refractivity contribution is 5.91. The Bertz CT molecular complexity index is 1320. The summed E-state index contributed by atoms with van der Waals surface area (Å²) in [6, 6.07) is 20.3. The predicted molar refractivity (Wildman–Crippen MR) is 130 cm³/mol. The van der Waals surface area contributed by atoms with E-state index in [4.69, 9.17) is 4.42 Å². The molecule has 37 heavy (non-hydrogen) atoms. The second-order valence-electron chi connectivity index (χ2n) is 8.58. The lowest BCUT2D eigenvalue weighted by molar-refractivity contribution is -0.138. The predicted octanol–water partition coefficient (Wildman–Crippen LogP) is 6.53. The number of nitrogens with zero attached hydrogens (tertiary/aromatic N) is 2. The molecule has 0 aliphatic heterocycles. The Morgan fingerprint density at radius 2 is 1.65 bits per heavy atom. The van der Waals surface area contributed by atoms with Gasteiger partial charge >= 0.3 is 6.18 Å². The summed E-state index contributed by atoms with van der Waals surface area (Å²) in [6.07, 6.45) is -3.28. The molecule has 0 aliphatic rings. The molecule has 192 valence electrons. The highest BCUT2D eigenvalue weighted by Crippen LogP contribution is 2.34. The van der Waals surface area contributed by atoms with Crippen molar-refractivity contribution in [3.8, 4) is 0 Å². The maximum Gasteiger partial charge on any atom is 0.416 e. The Labute approximate surface area is 211 Å². The zero-order chi connectivity index (χ0) is 26.4. The van der Waals surface area contributed by atoms with Crippen LogP contribution in [0.1, 0.15) is 51.6 Å². The van der Waals surface area contributed by atoms with Gasteiger partial charge in [-0.15, -0.1) is 0 Å². The number of nitrogens with one attached hydrogen (secondary N) is 1. The number of carbonyl (C=O) groups is 1. The van der Waals surface area contributed by atoms with Crippen molar-refractivity contribution in [3.63, 3.8) is 0 Å². The fourth-order valence-corrected chi connectivity index (χ4v) is 3.96. The maximum absolute atomic E-state index is 13.6. The van der Waals surface area contributed by atoms with Crippen LogP contribution in [0.3, 0.4) is 0 Å². The van der Waals surface area contributed by atoms with Gasteiger partial charge in [-0.2, -0.15) is 13.2 Å². The van der Waals surface area contributed by atoms with Gasteiger partial charge in [0, 0.05) is 19.1 Å². The number of rotatable bonds is 9. The molecule has 1 atom stereocenters. The molecule has 4 aromatic rings. The Kier molecular flexibility index (Phi) is 8.03. The number of carbonyl (C=O) groups excluding carboxylic acids is 1. The molecule has 1 unspecified atom stereocenters. The van der Waals surface area contributed by atoms with Gasteiger partial charge < -0.3 is 9.73 Å². The van der Waals surface area contributed by atoms with Crippen LogP contribution in [0.15, 0.2) is 89.5 Å². The average Bonchev–Trinajstić information content (AvgIpc) is 3.36. The van der Waals surface area contributed by atoms with Gasteiger partial charge in [-0.05, 0) is 41.8 Å². The minimum Gasteiger partial charge on any atom is -0.447 e. The summed E-state index contributed by atoms with van der Waals surface area (Å²) in [5, 5.41) is 2.69. The molecule has 0 aliphatic carbocycles. The summed E-state index contributed by atoms with van der Waals surface area (Å²) in [5.41, 5.74) is 1.09. The molecular formula is C28H25F4N3O2. The summed E-state index contributed by atoms with van der Waals surface area (Å²) >= 11 is 0. The largest absolute Gasteiger partial charge is 0.447 e. The fraction of sp³-hybridized carbons (Fsp3) is 0.214. The number of oxazole rings is 1. The van der Waals surface area contributed by atoms with Crippen LogP contribution in [-0.2, 0) is 25.8 Å². The van der Waals surface area contributed by atoms with Crippen molar-refractivity contribution in [2.24, 2.45) is 0 Å². The monoisotopic (exact) mass is 511 g/mol. The van der Waals surface area contributed by atoms with Crippen LogP contribution in [-0.4, -0.2) is 15.8 Å². The number of aromatic nitrogens is 1. The smallest absolute Gasteiger partial charge is 0.416 e. The van der Waals surface area contributed by atoms with E-state index in [1.807, 2.05) is 42.2 Å². The van der Waals surface area contributed by atoms with Crippen molar-refractivity contribution in [2.45, 2.75) is 38.8 Å². The first-order valence-corrected chi connectivity index (χ1v) is 11.6. The molecule has 0 fully saturated rings. The van der Waals surface area contributed by atoms with E-state index in [-0.39, 0.29) is 48.6 Å². The number of alkyl halides is 3. The summed E-state index contributed by atoms with van der Waals surface area (Å²) in [5.74, 6) is -0.660. The molecule has 1 amide bonds. The van der Waals surface area contributed by atoms with Gasteiger partial charge in [0.2, 0.25) is 5.89 Å². The molecule has 1 heterocycles. The standard InChI is InChI=1S/C28H25F4N3O2/c1-19(21-7-3-2-4-8-21)35(16-22-9-5-6-10-24(22)28(30,31)32)17-26-34-25(18-37-26)27(36)33-15-20-11-13-23(29)14-12-20/h2-14,18-19H,15-17H2,1H3,(H,33,36). The first-order valence-electron chi connectivity index (χ1n) is 11.6. The van der Waals surface area contributed by atoms with Crippen molar-refractivity contribution in [1.82, 2.24) is 15.2 Å². The number of hydrogen-bond donors (Lipinski definition) is 1. The molecule has 1 aromatic heterocycles. The number of hydrogen-bond acceptors (Lipinski definition) is 4. The average molecular weight is 512 g/mol. The van der Waals surface area contributed by atoms with Gasteiger partial charge in [-0.1, -0.05) is 60.7 Å². The minimum absolute atomic E-state index is 0.0137. The lowest BCUT2D eigenvalue weighted by atomic mass is 10.0. The molecule has 0 saturated carbocycles. The normalized spacial score (nSPS) is 12.5. The quantitative estimate of drug-likeness (QED) is 0.260. The summed E-state index contributed by atoms with van der Waals surface area (Å²) in [4.78, 5) is 18.6. The van der Waals surface area contributed by atoms with Gasteiger partial charge in [0.25, 0.3) is 5.91 Å². The van der Waals surface area contributed by atoms with Crippen LogP contribution in [0.4, 0.5) is 17.6 Å².